The Morgan fingerprint density at radius 2 is 1.69 bits per heavy atom. The van der Waals surface area contributed by atoms with Crippen LogP contribution in [0, 0.1) is 28.1 Å². The standard InChI is InChI=1S/C30H40F2O8S2/c1-27(2,25(41-10-8-39-9-11-41)24(33)22-4-6-23(38-3)7-5-22)17-28-13-20-12-21(14-28)16-29(15-20,18-28)26(34)40-19-30(31,32)42(35,36)37/h4-7,20-21,25H,8-19H2,1-3H3. The lowest BCUT2D eigenvalue weighted by Gasteiger charge is -2.62. The summed E-state index contributed by atoms with van der Waals surface area (Å²) >= 11 is 0. The Labute approximate surface area is 249 Å². The third-order valence-corrected chi connectivity index (χ3v) is 13.6. The van der Waals surface area contributed by atoms with Gasteiger partial charge in [-0.25, -0.2) is 8.42 Å². The Bertz CT molecular complexity index is 1280. The Hall–Kier alpha value is -1.76. The fourth-order valence-electron chi connectivity index (χ4n) is 8.97. The lowest BCUT2D eigenvalue weighted by Crippen LogP contribution is -2.58. The zero-order valence-electron chi connectivity index (χ0n) is 24.4. The Balaban J connectivity index is 1.40. The molecule has 12 heteroatoms. The first-order valence-electron chi connectivity index (χ1n) is 14.5. The van der Waals surface area contributed by atoms with E-state index in [2.05, 4.69) is 13.8 Å². The lowest BCUT2D eigenvalue weighted by atomic mass is 9.42. The number of methoxy groups -OCH3 is 1. The fourth-order valence-corrected chi connectivity index (χ4v) is 11.9. The van der Waals surface area contributed by atoms with Gasteiger partial charge in [0.15, 0.2) is 22.0 Å². The Kier molecular flexibility index (Phi) is 8.52. The monoisotopic (exact) mass is 630 g/mol. The zero-order valence-corrected chi connectivity index (χ0v) is 26.0. The topological polar surface area (TPSA) is 119 Å². The van der Waals surface area contributed by atoms with E-state index in [1.165, 1.54) is 0 Å². The molecule has 3 unspecified atom stereocenters. The number of Topliss-reactive ketones (excluding diaryl/α,β-unsaturated/α-hetero) is 1. The van der Waals surface area contributed by atoms with Gasteiger partial charge in [-0.05, 0) is 86.5 Å². The Morgan fingerprint density at radius 1 is 1.10 bits per heavy atom. The molecule has 5 aliphatic rings. The van der Waals surface area contributed by atoms with Crippen molar-refractivity contribution in [2.45, 2.75) is 69.3 Å². The van der Waals surface area contributed by atoms with Gasteiger partial charge >= 0.3 is 11.2 Å². The molecule has 0 N–H and O–H groups in total. The van der Waals surface area contributed by atoms with E-state index < -0.39 is 38.8 Å². The average molecular weight is 631 g/mol. The highest BCUT2D eigenvalue weighted by Crippen LogP contribution is 2.68. The molecule has 0 aromatic heterocycles. The minimum absolute atomic E-state index is 0.0905. The van der Waals surface area contributed by atoms with Crippen molar-refractivity contribution < 1.29 is 45.6 Å². The van der Waals surface area contributed by atoms with E-state index in [9.17, 15) is 31.3 Å². The van der Waals surface area contributed by atoms with Crippen molar-refractivity contribution in [3.63, 3.8) is 0 Å². The van der Waals surface area contributed by atoms with Gasteiger partial charge in [0, 0.05) is 21.9 Å². The average Bonchev–Trinajstić information content (AvgIpc) is 2.90. The summed E-state index contributed by atoms with van der Waals surface area (Å²) in [7, 11) is -4.58. The fraction of sp³-hybridized carbons (Fsp3) is 0.733. The van der Waals surface area contributed by atoms with E-state index in [0.717, 1.165) is 30.8 Å². The van der Waals surface area contributed by atoms with Crippen LogP contribution in [0.3, 0.4) is 0 Å². The van der Waals surface area contributed by atoms with Crippen molar-refractivity contribution in [2.75, 3.05) is 38.4 Å². The molecule has 1 aromatic carbocycles. The van der Waals surface area contributed by atoms with Gasteiger partial charge in [0.25, 0.3) is 0 Å². The molecule has 42 heavy (non-hydrogen) atoms. The largest absolute Gasteiger partial charge is 0.743 e. The zero-order chi connectivity index (χ0) is 30.6. The second-order valence-corrected chi connectivity index (χ2v) is 17.5. The Morgan fingerprint density at radius 3 is 2.24 bits per heavy atom. The molecule has 4 saturated carbocycles. The highest BCUT2D eigenvalue weighted by atomic mass is 32.2. The second-order valence-electron chi connectivity index (χ2n) is 13.6. The third-order valence-electron chi connectivity index (χ3n) is 9.82. The number of ether oxygens (including phenoxy) is 3. The molecular weight excluding hydrogens is 590 g/mol. The molecule has 4 aliphatic carbocycles. The molecular formula is C30H40F2O8S2. The van der Waals surface area contributed by atoms with Gasteiger partial charge in [0.05, 0.1) is 25.7 Å². The van der Waals surface area contributed by atoms with E-state index in [-0.39, 0.29) is 39.2 Å². The maximum atomic E-state index is 14.2. The molecule has 3 atom stereocenters. The van der Waals surface area contributed by atoms with Crippen molar-refractivity contribution in [2.24, 2.45) is 28.1 Å². The molecule has 4 bridgehead atoms. The number of halogens is 2. The number of ketones is 1. The lowest BCUT2D eigenvalue weighted by molar-refractivity contribution is -0.188. The summed E-state index contributed by atoms with van der Waals surface area (Å²) < 4.78 is 76.4. The number of hydrogen-bond donors (Lipinski definition) is 0. The van der Waals surface area contributed by atoms with Crippen LogP contribution in [0.1, 0.15) is 69.2 Å². The highest BCUT2D eigenvalue weighted by molar-refractivity contribution is 7.98. The van der Waals surface area contributed by atoms with Crippen LogP contribution in [0.25, 0.3) is 0 Å². The summed E-state index contributed by atoms with van der Waals surface area (Å²) in [6.45, 7) is 3.74. The molecule has 0 amide bonds. The SMILES string of the molecule is COc1ccc(C(=O)C([S+]2CCOCC2)C(C)(C)CC23CC4CC(C2)CC(C(=O)OCC(F)(F)S(=O)(=O)[O-])(C4)C3)cc1. The molecule has 0 radical (unpaired) electrons. The molecule has 1 saturated heterocycles. The van der Waals surface area contributed by atoms with Crippen LogP contribution >= 0.6 is 0 Å². The van der Waals surface area contributed by atoms with Crippen LogP contribution in [-0.2, 0) is 35.3 Å². The minimum atomic E-state index is -5.95. The summed E-state index contributed by atoms with van der Waals surface area (Å²) in [5, 5.41) is -4.93. The maximum absolute atomic E-state index is 14.2. The number of benzene rings is 1. The summed E-state index contributed by atoms with van der Waals surface area (Å²) in [5.74, 6) is 1.99. The van der Waals surface area contributed by atoms with Gasteiger partial charge in [-0.15, -0.1) is 0 Å². The number of carbonyl (C=O) groups is 2. The predicted octanol–water partition coefficient (Wildman–Crippen LogP) is 4.58. The molecule has 6 rings (SSSR count). The van der Waals surface area contributed by atoms with E-state index >= 15 is 0 Å². The third kappa shape index (κ3) is 6.10. The number of alkyl halides is 2. The number of esters is 1. The van der Waals surface area contributed by atoms with Crippen LogP contribution in [-0.4, -0.2) is 73.7 Å². The van der Waals surface area contributed by atoms with Crippen molar-refractivity contribution in [3.05, 3.63) is 29.8 Å². The van der Waals surface area contributed by atoms with Crippen molar-refractivity contribution in [3.8, 4) is 5.75 Å². The number of rotatable bonds is 11. The van der Waals surface area contributed by atoms with Crippen molar-refractivity contribution in [1.82, 2.24) is 0 Å². The number of hydrogen-bond acceptors (Lipinski definition) is 8. The van der Waals surface area contributed by atoms with Gasteiger partial charge in [-0.2, -0.15) is 8.78 Å². The molecule has 1 aromatic rings. The molecule has 1 aliphatic heterocycles. The molecule has 234 valence electrons. The summed E-state index contributed by atoms with van der Waals surface area (Å²) in [6.07, 6.45) is 4.92. The van der Waals surface area contributed by atoms with Gasteiger partial charge in [0.2, 0.25) is 5.78 Å². The highest BCUT2D eigenvalue weighted by Gasteiger charge is 2.63. The molecule has 0 spiro atoms. The summed E-state index contributed by atoms with van der Waals surface area (Å²) in [6, 6.07) is 7.20. The van der Waals surface area contributed by atoms with Gasteiger partial charge in [0.1, 0.15) is 17.3 Å². The number of carbonyl (C=O) groups excluding carboxylic acids is 2. The van der Waals surface area contributed by atoms with E-state index in [1.807, 2.05) is 12.1 Å². The summed E-state index contributed by atoms with van der Waals surface area (Å²) in [4.78, 5) is 27.6. The quantitative estimate of drug-likeness (QED) is 0.151. The minimum Gasteiger partial charge on any atom is -0.743 e. The first-order valence-corrected chi connectivity index (χ1v) is 17.6. The van der Waals surface area contributed by atoms with Crippen LogP contribution in [0.5, 0.6) is 5.75 Å². The van der Waals surface area contributed by atoms with Crippen molar-refractivity contribution in [1.29, 1.82) is 0 Å². The van der Waals surface area contributed by atoms with Crippen molar-refractivity contribution >= 4 is 32.8 Å². The van der Waals surface area contributed by atoms with Crippen LogP contribution in [0.15, 0.2) is 24.3 Å². The second kappa shape index (κ2) is 11.3. The van der Waals surface area contributed by atoms with E-state index in [0.29, 0.717) is 50.2 Å². The first-order chi connectivity index (χ1) is 19.6. The van der Waals surface area contributed by atoms with E-state index in [1.54, 1.807) is 19.2 Å². The first kappa shape index (κ1) is 31.7. The van der Waals surface area contributed by atoms with Gasteiger partial charge < -0.3 is 18.8 Å². The van der Waals surface area contributed by atoms with Crippen LogP contribution < -0.4 is 4.74 Å². The molecule has 5 fully saturated rings. The normalized spacial score (nSPS) is 30.6. The molecule has 8 nitrogen and oxygen atoms in total. The van der Waals surface area contributed by atoms with E-state index in [4.69, 9.17) is 14.2 Å². The smallest absolute Gasteiger partial charge is 0.367 e. The van der Waals surface area contributed by atoms with Crippen LogP contribution in [0.4, 0.5) is 8.78 Å². The maximum Gasteiger partial charge on any atom is 0.367 e. The summed E-state index contributed by atoms with van der Waals surface area (Å²) in [5.41, 5.74) is -1.06. The predicted molar refractivity (Wildman–Crippen MR) is 153 cm³/mol. The van der Waals surface area contributed by atoms with Gasteiger partial charge in [-0.3, -0.25) is 9.59 Å². The van der Waals surface area contributed by atoms with Gasteiger partial charge in [-0.1, -0.05) is 13.8 Å². The molecule has 1 heterocycles. The van der Waals surface area contributed by atoms with Crippen LogP contribution in [0.2, 0.25) is 0 Å².